The van der Waals surface area contributed by atoms with Crippen molar-refractivity contribution in [1.29, 1.82) is 0 Å². The van der Waals surface area contributed by atoms with Gasteiger partial charge >= 0.3 is 19.8 Å². The average molecular weight is 1140 g/mol. The molecule has 0 bridgehead atoms. The lowest BCUT2D eigenvalue weighted by Gasteiger charge is -2.24. The zero-order chi connectivity index (χ0) is 58.4. The maximum Gasteiger partial charge on any atom is 0.472 e. The summed E-state index contributed by atoms with van der Waals surface area (Å²) in [7, 11) is 1.45. The Balaban J connectivity index is 4.10. The molecule has 0 spiro atoms. The van der Waals surface area contributed by atoms with Crippen molar-refractivity contribution < 1.29 is 42.1 Å². The predicted molar refractivity (Wildman–Crippen MR) is 344 cm³/mol. The Morgan fingerprint density at radius 3 is 1.00 bits per heavy atom. The molecule has 9 nitrogen and oxygen atoms in total. The molecule has 80 heavy (non-hydrogen) atoms. The molecule has 0 rings (SSSR count). The fourth-order valence-electron chi connectivity index (χ4n) is 8.60. The van der Waals surface area contributed by atoms with E-state index in [1.165, 1.54) is 116 Å². The van der Waals surface area contributed by atoms with Gasteiger partial charge in [-0.1, -0.05) is 264 Å². The van der Waals surface area contributed by atoms with Crippen molar-refractivity contribution in [2.75, 3.05) is 47.5 Å². The number of carbonyl (C=O) groups is 2. The molecular weight excluding hydrogens is 1010 g/mol. The number of esters is 2. The molecule has 0 aromatic carbocycles. The predicted octanol–water partition coefficient (Wildman–Crippen LogP) is 20.7. The van der Waals surface area contributed by atoms with Crippen LogP contribution in [0, 0.1) is 0 Å². The van der Waals surface area contributed by atoms with E-state index in [4.69, 9.17) is 18.5 Å². The first-order chi connectivity index (χ1) is 39.0. The molecule has 458 valence electrons. The van der Waals surface area contributed by atoms with Crippen LogP contribution in [0.15, 0.2) is 122 Å². The number of phosphoric ester groups is 1. The summed E-state index contributed by atoms with van der Waals surface area (Å²) in [5.41, 5.74) is 0. The van der Waals surface area contributed by atoms with Gasteiger partial charge in [0, 0.05) is 12.8 Å². The Morgan fingerprint density at radius 1 is 0.388 bits per heavy atom. The van der Waals surface area contributed by atoms with Gasteiger partial charge < -0.3 is 18.9 Å². The van der Waals surface area contributed by atoms with Gasteiger partial charge in [-0.3, -0.25) is 18.6 Å². The fourth-order valence-corrected chi connectivity index (χ4v) is 9.34. The maximum absolute atomic E-state index is 12.8. The number of quaternary nitrogens is 1. The van der Waals surface area contributed by atoms with Gasteiger partial charge in [0.15, 0.2) is 6.10 Å². The standard InChI is InChI=1S/C70H120NO8P/c1-6-8-10-12-14-16-18-20-22-24-26-28-30-31-32-33-34-35-36-37-38-39-41-42-44-46-48-50-52-54-56-58-60-62-69(72)76-66-68(67-78-80(74,75)77-65-64-71(3,4)5)79-70(73)63-61-59-57-55-53-51-49-47-45-43-40-29-27-25-23-21-19-17-15-13-11-9-7-2/h8-11,14-17,20-23,26-29,43,45,49,51,68H,6-7,12-13,18-19,24-25,30-42,44,46-48,50,52-67H2,1-5H3/p+1/b10-8-,11-9-,16-14-,17-15-,22-20-,23-21-,28-26-,29-27-,45-43-,51-49-. The lowest BCUT2D eigenvalue weighted by molar-refractivity contribution is -0.870. The molecular formula is C70H121NO8P+. The van der Waals surface area contributed by atoms with Gasteiger partial charge in [-0.25, -0.2) is 4.57 Å². The number of hydrogen-bond acceptors (Lipinski definition) is 7. The van der Waals surface area contributed by atoms with Gasteiger partial charge in [-0.05, 0) is 103 Å². The molecule has 0 aliphatic heterocycles. The number of nitrogens with zero attached hydrogens (tertiary/aromatic N) is 1. The van der Waals surface area contributed by atoms with Gasteiger partial charge in [0.1, 0.15) is 19.8 Å². The summed E-state index contributed by atoms with van der Waals surface area (Å²) in [5, 5.41) is 0. The molecule has 0 aliphatic carbocycles. The van der Waals surface area contributed by atoms with Gasteiger partial charge in [-0.2, -0.15) is 0 Å². The van der Waals surface area contributed by atoms with Crippen LogP contribution in [-0.2, 0) is 32.7 Å². The lowest BCUT2D eigenvalue weighted by Crippen LogP contribution is -2.37. The normalized spacial score (nSPS) is 14.0. The van der Waals surface area contributed by atoms with Crippen molar-refractivity contribution in [2.24, 2.45) is 0 Å². The molecule has 0 aromatic rings. The summed E-state index contributed by atoms with van der Waals surface area (Å²) in [6.45, 7) is 4.18. The molecule has 0 radical (unpaired) electrons. The Hall–Kier alpha value is -3.59. The Labute approximate surface area is 492 Å². The van der Waals surface area contributed by atoms with Crippen molar-refractivity contribution in [3.05, 3.63) is 122 Å². The first kappa shape index (κ1) is 76.4. The van der Waals surface area contributed by atoms with Crippen LogP contribution in [0.3, 0.4) is 0 Å². The van der Waals surface area contributed by atoms with Crippen LogP contribution in [0.2, 0.25) is 0 Å². The van der Waals surface area contributed by atoms with E-state index in [1.54, 1.807) is 0 Å². The minimum absolute atomic E-state index is 0.0214. The van der Waals surface area contributed by atoms with E-state index in [0.29, 0.717) is 17.4 Å². The first-order valence-electron chi connectivity index (χ1n) is 32.3. The van der Waals surface area contributed by atoms with E-state index >= 15 is 0 Å². The second kappa shape index (κ2) is 60.0. The van der Waals surface area contributed by atoms with Crippen LogP contribution >= 0.6 is 7.82 Å². The van der Waals surface area contributed by atoms with E-state index in [9.17, 15) is 19.0 Å². The molecule has 2 atom stereocenters. The largest absolute Gasteiger partial charge is 0.472 e. The quantitative estimate of drug-likeness (QED) is 0.0211. The molecule has 0 heterocycles. The Kier molecular flexibility index (Phi) is 57.3. The second-order valence-electron chi connectivity index (χ2n) is 22.4. The molecule has 0 saturated carbocycles. The number of rotatable bonds is 58. The molecule has 1 N–H and O–H groups in total. The van der Waals surface area contributed by atoms with E-state index in [1.807, 2.05) is 21.1 Å². The van der Waals surface area contributed by atoms with Gasteiger partial charge in [0.05, 0.1) is 27.7 Å². The SMILES string of the molecule is CC/C=C\C/C=C\C/C=C\C/C=C\C/C=C\C/C=C\CCCCCCC(=O)OC(COC(=O)CCCCCCCCCCCCCCCCCCCCCC/C=C\C/C=C\C/C=C\C/C=C\CC)COP(=O)(O)OCC[N+](C)(C)C. The number of phosphoric acid groups is 1. The Morgan fingerprint density at radius 2 is 0.675 bits per heavy atom. The summed E-state index contributed by atoms with van der Waals surface area (Å²) < 4.78 is 34.6. The maximum atomic E-state index is 12.8. The summed E-state index contributed by atoms with van der Waals surface area (Å²) >= 11 is 0. The van der Waals surface area contributed by atoms with Crippen LogP contribution in [0.25, 0.3) is 0 Å². The number of ether oxygens (including phenoxy) is 2. The van der Waals surface area contributed by atoms with Gasteiger partial charge in [0.2, 0.25) is 0 Å². The molecule has 0 saturated heterocycles. The van der Waals surface area contributed by atoms with Crippen LogP contribution in [0.4, 0.5) is 0 Å². The number of carbonyl (C=O) groups excluding carboxylic acids is 2. The van der Waals surface area contributed by atoms with Crippen LogP contribution in [0.1, 0.15) is 258 Å². The highest BCUT2D eigenvalue weighted by Gasteiger charge is 2.27. The van der Waals surface area contributed by atoms with Crippen molar-refractivity contribution >= 4 is 19.8 Å². The molecule has 0 fully saturated rings. The van der Waals surface area contributed by atoms with Crippen LogP contribution < -0.4 is 0 Å². The number of likely N-dealkylation sites (N-methyl/N-ethyl adjacent to an activating group) is 1. The Bertz CT molecular complexity index is 1760. The summed E-state index contributed by atoms with van der Waals surface area (Å²) in [4.78, 5) is 35.8. The van der Waals surface area contributed by atoms with E-state index < -0.39 is 26.5 Å². The number of allylic oxidation sites excluding steroid dienone is 20. The first-order valence-corrected chi connectivity index (χ1v) is 33.8. The summed E-state index contributed by atoms with van der Waals surface area (Å²) in [5.74, 6) is -0.826. The summed E-state index contributed by atoms with van der Waals surface area (Å²) in [6, 6.07) is 0. The molecule has 0 aliphatic rings. The van der Waals surface area contributed by atoms with Gasteiger partial charge in [-0.15, -0.1) is 0 Å². The molecule has 2 unspecified atom stereocenters. The molecule has 0 aromatic heterocycles. The third-order valence-electron chi connectivity index (χ3n) is 13.5. The monoisotopic (exact) mass is 1130 g/mol. The number of unbranched alkanes of at least 4 members (excludes halogenated alkanes) is 24. The number of hydrogen-bond donors (Lipinski definition) is 1. The van der Waals surface area contributed by atoms with Crippen LogP contribution in [0.5, 0.6) is 0 Å². The second-order valence-corrected chi connectivity index (χ2v) is 23.8. The van der Waals surface area contributed by atoms with Crippen molar-refractivity contribution in [1.82, 2.24) is 0 Å². The average Bonchev–Trinajstić information content (AvgIpc) is 3.42. The zero-order valence-electron chi connectivity index (χ0n) is 52.0. The van der Waals surface area contributed by atoms with E-state index in [0.717, 1.165) is 109 Å². The van der Waals surface area contributed by atoms with Crippen LogP contribution in [-0.4, -0.2) is 74.9 Å². The smallest absolute Gasteiger partial charge is 0.462 e. The molecule has 10 heteroatoms. The minimum Gasteiger partial charge on any atom is -0.462 e. The van der Waals surface area contributed by atoms with E-state index in [-0.39, 0.29) is 32.0 Å². The third-order valence-corrected chi connectivity index (χ3v) is 14.5. The highest BCUT2D eigenvalue weighted by atomic mass is 31.2. The molecule has 0 amide bonds. The van der Waals surface area contributed by atoms with Crippen molar-refractivity contribution in [3.8, 4) is 0 Å². The highest BCUT2D eigenvalue weighted by molar-refractivity contribution is 7.47. The van der Waals surface area contributed by atoms with Gasteiger partial charge in [0.25, 0.3) is 0 Å². The van der Waals surface area contributed by atoms with Crippen molar-refractivity contribution in [3.63, 3.8) is 0 Å². The topological polar surface area (TPSA) is 108 Å². The van der Waals surface area contributed by atoms with Crippen molar-refractivity contribution in [2.45, 2.75) is 264 Å². The highest BCUT2D eigenvalue weighted by Crippen LogP contribution is 2.43. The minimum atomic E-state index is -4.40. The summed E-state index contributed by atoms with van der Waals surface area (Å²) in [6.07, 6.45) is 85.8. The zero-order valence-corrected chi connectivity index (χ0v) is 52.9. The lowest BCUT2D eigenvalue weighted by atomic mass is 10.0. The van der Waals surface area contributed by atoms with E-state index in [2.05, 4.69) is 135 Å². The third kappa shape index (κ3) is 63.6. The fraction of sp³-hybridized carbons (Fsp3) is 0.686.